The SMILES string of the molecule is CCNC1CC(c2cccnc2)Oc2ccccc21. The van der Waals surface area contributed by atoms with Crippen LogP contribution in [0.5, 0.6) is 5.75 Å². The first kappa shape index (κ1) is 12.2. The zero-order valence-electron chi connectivity index (χ0n) is 11.0. The molecule has 0 aliphatic carbocycles. The number of pyridine rings is 1. The topological polar surface area (TPSA) is 34.2 Å². The number of fused-ring (bicyclic) bond motifs is 1. The fraction of sp³-hybridized carbons (Fsp3) is 0.312. The van der Waals surface area contributed by atoms with Crippen molar-refractivity contribution in [3.63, 3.8) is 0 Å². The molecular weight excluding hydrogens is 236 g/mol. The molecule has 1 aliphatic heterocycles. The first-order valence-corrected chi connectivity index (χ1v) is 6.77. The van der Waals surface area contributed by atoms with E-state index in [1.165, 1.54) is 5.56 Å². The molecule has 0 fully saturated rings. The van der Waals surface area contributed by atoms with Gasteiger partial charge in [-0.2, -0.15) is 0 Å². The average molecular weight is 254 g/mol. The highest BCUT2D eigenvalue weighted by Gasteiger charge is 2.28. The molecule has 3 nitrogen and oxygen atoms in total. The lowest BCUT2D eigenvalue weighted by Gasteiger charge is -2.32. The second-order valence-electron chi connectivity index (χ2n) is 4.78. The van der Waals surface area contributed by atoms with E-state index in [9.17, 15) is 0 Å². The lowest BCUT2D eigenvalue weighted by molar-refractivity contribution is 0.152. The van der Waals surface area contributed by atoms with Crippen LogP contribution >= 0.6 is 0 Å². The van der Waals surface area contributed by atoms with Gasteiger partial charge in [0.25, 0.3) is 0 Å². The number of rotatable bonds is 3. The smallest absolute Gasteiger partial charge is 0.127 e. The van der Waals surface area contributed by atoms with Gasteiger partial charge in [-0.25, -0.2) is 0 Å². The summed E-state index contributed by atoms with van der Waals surface area (Å²) in [5, 5.41) is 3.54. The molecule has 0 saturated heterocycles. The van der Waals surface area contributed by atoms with Crippen molar-refractivity contribution in [1.29, 1.82) is 0 Å². The molecule has 2 heterocycles. The highest BCUT2D eigenvalue weighted by atomic mass is 16.5. The quantitative estimate of drug-likeness (QED) is 0.913. The normalized spacial score (nSPS) is 21.5. The molecule has 0 radical (unpaired) electrons. The number of hydrogen-bond acceptors (Lipinski definition) is 3. The first-order valence-electron chi connectivity index (χ1n) is 6.77. The predicted octanol–water partition coefficient (Wildman–Crippen LogP) is 3.26. The van der Waals surface area contributed by atoms with Gasteiger partial charge in [-0.1, -0.05) is 31.2 Å². The van der Waals surface area contributed by atoms with Gasteiger partial charge in [-0.05, 0) is 18.7 Å². The lowest BCUT2D eigenvalue weighted by Crippen LogP contribution is -2.28. The third-order valence-corrected chi connectivity index (χ3v) is 3.52. The zero-order chi connectivity index (χ0) is 13.1. The monoisotopic (exact) mass is 254 g/mol. The highest BCUT2D eigenvalue weighted by Crippen LogP contribution is 2.40. The van der Waals surface area contributed by atoms with Crippen LogP contribution in [-0.4, -0.2) is 11.5 Å². The van der Waals surface area contributed by atoms with Gasteiger partial charge in [-0.3, -0.25) is 4.98 Å². The van der Waals surface area contributed by atoms with E-state index in [2.05, 4.69) is 35.4 Å². The van der Waals surface area contributed by atoms with Gasteiger partial charge in [0.1, 0.15) is 11.9 Å². The third-order valence-electron chi connectivity index (χ3n) is 3.52. The fourth-order valence-corrected chi connectivity index (χ4v) is 2.63. The van der Waals surface area contributed by atoms with Gasteiger partial charge < -0.3 is 10.1 Å². The van der Waals surface area contributed by atoms with Gasteiger partial charge in [0, 0.05) is 36.0 Å². The Morgan fingerprint density at radius 2 is 2.16 bits per heavy atom. The van der Waals surface area contributed by atoms with Gasteiger partial charge in [0.15, 0.2) is 0 Å². The molecular formula is C16H18N2O. The second-order valence-corrected chi connectivity index (χ2v) is 4.78. The number of nitrogens with zero attached hydrogens (tertiary/aromatic N) is 1. The van der Waals surface area contributed by atoms with E-state index in [0.29, 0.717) is 6.04 Å². The largest absolute Gasteiger partial charge is 0.485 e. The number of aromatic nitrogens is 1. The van der Waals surface area contributed by atoms with E-state index in [1.54, 1.807) is 6.20 Å². The van der Waals surface area contributed by atoms with Crippen LogP contribution in [0.2, 0.25) is 0 Å². The number of ether oxygens (including phenoxy) is 1. The van der Waals surface area contributed by atoms with Crippen LogP contribution in [0.4, 0.5) is 0 Å². The summed E-state index contributed by atoms with van der Waals surface area (Å²) in [7, 11) is 0. The van der Waals surface area contributed by atoms with Crippen molar-refractivity contribution < 1.29 is 4.74 Å². The molecule has 1 aliphatic rings. The van der Waals surface area contributed by atoms with Crippen molar-refractivity contribution in [2.45, 2.75) is 25.5 Å². The Kier molecular flexibility index (Phi) is 3.47. The standard InChI is InChI=1S/C16H18N2O/c1-2-18-14-10-16(12-6-5-9-17-11-12)19-15-8-4-3-7-13(14)15/h3-9,11,14,16,18H,2,10H2,1H3. The molecule has 0 spiro atoms. The maximum Gasteiger partial charge on any atom is 0.127 e. The molecule has 0 saturated carbocycles. The summed E-state index contributed by atoms with van der Waals surface area (Å²) in [6, 6.07) is 12.7. The molecule has 1 aromatic carbocycles. The van der Waals surface area contributed by atoms with Crippen LogP contribution in [0.25, 0.3) is 0 Å². The minimum absolute atomic E-state index is 0.0765. The van der Waals surface area contributed by atoms with Crippen LogP contribution in [0.15, 0.2) is 48.8 Å². The summed E-state index contributed by atoms with van der Waals surface area (Å²) >= 11 is 0. The molecule has 0 bridgehead atoms. The Balaban J connectivity index is 1.92. The molecule has 2 aromatic rings. The van der Waals surface area contributed by atoms with E-state index in [0.717, 1.165) is 24.3 Å². The van der Waals surface area contributed by atoms with Crippen molar-refractivity contribution in [3.05, 3.63) is 59.9 Å². The maximum atomic E-state index is 6.11. The van der Waals surface area contributed by atoms with Gasteiger partial charge in [0.05, 0.1) is 0 Å². The van der Waals surface area contributed by atoms with Crippen LogP contribution in [0.3, 0.4) is 0 Å². The molecule has 0 amide bonds. The molecule has 19 heavy (non-hydrogen) atoms. The van der Waals surface area contributed by atoms with Crippen LogP contribution in [-0.2, 0) is 0 Å². The van der Waals surface area contributed by atoms with E-state index < -0.39 is 0 Å². The number of hydrogen-bond donors (Lipinski definition) is 1. The zero-order valence-corrected chi connectivity index (χ0v) is 11.0. The van der Waals surface area contributed by atoms with Crippen LogP contribution in [0, 0.1) is 0 Å². The first-order chi connectivity index (χ1) is 9.38. The molecule has 98 valence electrons. The van der Waals surface area contributed by atoms with Crippen molar-refractivity contribution in [2.24, 2.45) is 0 Å². The number of nitrogens with one attached hydrogen (secondary N) is 1. The summed E-state index contributed by atoms with van der Waals surface area (Å²) in [5.74, 6) is 0.980. The van der Waals surface area contributed by atoms with E-state index >= 15 is 0 Å². The van der Waals surface area contributed by atoms with Gasteiger partial charge >= 0.3 is 0 Å². The van der Waals surface area contributed by atoms with E-state index in [4.69, 9.17) is 4.74 Å². The third kappa shape index (κ3) is 2.47. The summed E-state index contributed by atoms with van der Waals surface area (Å²) in [5.41, 5.74) is 2.39. The second kappa shape index (κ2) is 5.41. The van der Waals surface area contributed by atoms with Crippen molar-refractivity contribution in [3.8, 4) is 5.75 Å². The van der Waals surface area contributed by atoms with Gasteiger partial charge in [0.2, 0.25) is 0 Å². The van der Waals surface area contributed by atoms with Crippen LogP contribution < -0.4 is 10.1 Å². The summed E-state index contributed by atoms with van der Waals surface area (Å²) in [6.07, 6.45) is 4.70. The number of benzene rings is 1. The summed E-state index contributed by atoms with van der Waals surface area (Å²) < 4.78 is 6.11. The molecule has 2 atom stereocenters. The molecule has 1 aromatic heterocycles. The van der Waals surface area contributed by atoms with E-state index in [-0.39, 0.29) is 6.10 Å². The Hall–Kier alpha value is -1.87. The fourth-order valence-electron chi connectivity index (χ4n) is 2.63. The minimum Gasteiger partial charge on any atom is -0.485 e. The Morgan fingerprint density at radius 3 is 2.95 bits per heavy atom. The number of para-hydroxylation sites is 1. The maximum absolute atomic E-state index is 6.11. The molecule has 2 unspecified atom stereocenters. The summed E-state index contributed by atoms with van der Waals surface area (Å²) in [4.78, 5) is 4.19. The lowest BCUT2D eigenvalue weighted by atomic mass is 9.93. The van der Waals surface area contributed by atoms with E-state index in [1.807, 2.05) is 24.4 Å². The molecule has 3 heteroatoms. The summed E-state index contributed by atoms with van der Waals surface area (Å²) in [6.45, 7) is 3.09. The average Bonchev–Trinajstić information content (AvgIpc) is 2.48. The van der Waals surface area contributed by atoms with Crippen molar-refractivity contribution >= 4 is 0 Å². The van der Waals surface area contributed by atoms with Crippen molar-refractivity contribution in [1.82, 2.24) is 10.3 Å². The minimum atomic E-state index is 0.0765. The Bertz CT molecular complexity index is 541. The molecule has 1 N–H and O–H groups in total. The Labute approximate surface area is 113 Å². The Morgan fingerprint density at radius 1 is 1.26 bits per heavy atom. The molecule has 3 rings (SSSR count). The highest BCUT2D eigenvalue weighted by molar-refractivity contribution is 5.39. The van der Waals surface area contributed by atoms with Gasteiger partial charge in [-0.15, -0.1) is 0 Å². The van der Waals surface area contributed by atoms with Crippen molar-refractivity contribution in [2.75, 3.05) is 6.54 Å². The van der Waals surface area contributed by atoms with Crippen LogP contribution in [0.1, 0.15) is 36.6 Å². The predicted molar refractivity (Wildman–Crippen MR) is 75.1 cm³/mol.